The van der Waals surface area contributed by atoms with E-state index in [4.69, 9.17) is 5.73 Å². The lowest BCUT2D eigenvalue weighted by Gasteiger charge is -2.07. The first-order valence-electron chi connectivity index (χ1n) is 5.81. The summed E-state index contributed by atoms with van der Waals surface area (Å²) >= 11 is 0. The molecule has 0 atom stereocenters. The maximum Gasteiger partial charge on any atom is 0.273 e. The molecule has 21 heavy (non-hydrogen) atoms. The highest BCUT2D eigenvalue weighted by molar-refractivity contribution is 7.90. The number of anilines is 1. The van der Waals surface area contributed by atoms with E-state index in [2.05, 4.69) is 0 Å². The molecule has 110 valence electrons. The average Bonchev–Trinajstić information content (AvgIpc) is 2.37. The maximum absolute atomic E-state index is 13.7. The summed E-state index contributed by atoms with van der Waals surface area (Å²) in [5.41, 5.74) is 5.13. The minimum atomic E-state index is -4.05. The van der Waals surface area contributed by atoms with Crippen molar-refractivity contribution < 1.29 is 17.7 Å². The van der Waals surface area contributed by atoms with Crippen molar-refractivity contribution in [2.45, 2.75) is 10.6 Å². The van der Waals surface area contributed by atoms with E-state index in [9.17, 15) is 22.9 Å². The zero-order chi connectivity index (χ0) is 15.6. The summed E-state index contributed by atoms with van der Waals surface area (Å²) in [5, 5.41) is 10.9. The second kappa shape index (κ2) is 5.49. The average molecular weight is 310 g/mol. The molecule has 2 rings (SSSR count). The van der Waals surface area contributed by atoms with Crippen molar-refractivity contribution in [1.82, 2.24) is 0 Å². The molecule has 0 heterocycles. The van der Waals surface area contributed by atoms with E-state index >= 15 is 0 Å². The Balaban J connectivity index is 2.45. The Kier molecular flexibility index (Phi) is 3.90. The van der Waals surface area contributed by atoms with Gasteiger partial charge in [-0.15, -0.1) is 0 Å². The molecule has 0 saturated heterocycles. The summed E-state index contributed by atoms with van der Waals surface area (Å²) in [7, 11) is -4.05. The van der Waals surface area contributed by atoms with Gasteiger partial charge in [-0.3, -0.25) is 10.1 Å². The van der Waals surface area contributed by atoms with Crippen LogP contribution in [0.2, 0.25) is 0 Å². The zero-order valence-electron chi connectivity index (χ0n) is 10.7. The van der Waals surface area contributed by atoms with Crippen molar-refractivity contribution in [3.63, 3.8) is 0 Å². The van der Waals surface area contributed by atoms with Crippen molar-refractivity contribution in [3.8, 4) is 0 Å². The lowest BCUT2D eigenvalue weighted by atomic mass is 10.2. The number of nitrogen functional groups attached to an aromatic ring is 1. The molecule has 0 aliphatic heterocycles. The summed E-state index contributed by atoms with van der Waals surface area (Å²) in [4.78, 5) is 9.67. The topological polar surface area (TPSA) is 103 Å². The normalized spacial score (nSPS) is 11.3. The van der Waals surface area contributed by atoms with E-state index in [1.54, 1.807) is 0 Å². The van der Waals surface area contributed by atoms with Crippen LogP contribution in [0.15, 0.2) is 47.4 Å². The van der Waals surface area contributed by atoms with E-state index in [1.807, 2.05) is 0 Å². The third-order valence-corrected chi connectivity index (χ3v) is 4.52. The fourth-order valence-electron chi connectivity index (χ4n) is 1.86. The number of benzene rings is 2. The van der Waals surface area contributed by atoms with Gasteiger partial charge in [-0.25, -0.2) is 12.8 Å². The van der Waals surface area contributed by atoms with E-state index in [0.717, 1.165) is 12.1 Å². The minimum Gasteiger partial charge on any atom is -0.399 e. The van der Waals surface area contributed by atoms with Crippen molar-refractivity contribution in [1.29, 1.82) is 0 Å². The van der Waals surface area contributed by atoms with Gasteiger partial charge in [0.25, 0.3) is 5.69 Å². The summed E-state index contributed by atoms with van der Waals surface area (Å²) in [6, 6.07) is 8.64. The van der Waals surface area contributed by atoms with Crippen LogP contribution in [-0.4, -0.2) is 13.3 Å². The molecule has 0 saturated carbocycles. The van der Waals surface area contributed by atoms with Crippen LogP contribution in [0.3, 0.4) is 0 Å². The van der Waals surface area contributed by atoms with Crippen LogP contribution >= 0.6 is 0 Å². The van der Waals surface area contributed by atoms with Crippen LogP contribution in [0.1, 0.15) is 5.56 Å². The van der Waals surface area contributed by atoms with Gasteiger partial charge in [0.2, 0.25) is 0 Å². The Morgan fingerprint density at radius 3 is 2.48 bits per heavy atom. The minimum absolute atomic E-state index is 0.00118. The molecule has 0 aliphatic carbocycles. The van der Waals surface area contributed by atoms with Gasteiger partial charge < -0.3 is 5.73 Å². The Hall–Kier alpha value is -2.48. The molecule has 6 nitrogen and oxygen atoms in total. The summed E-state index contributed by atoms with van der Waals surface area (Å²) in [5.74, 6) is -1.64. The summed E-state index contributed by atoms with van der Waals surface area (Å²) in [6.45, 7) is 0. The van der Waals surface area contributed by atoms with Gasteiger partial charge in [0.05, 0.1) is 10.7 Å². The lowest BCUT2D eigenvalue weighted by Crippen LogP contribution is -2.09. The highest BCUT2D eigenvalue weighted by Crippen LogP contribution is 2.25. The van der Waals surface area contributed by atoms with Crippen molar-refractivity contribution in [2.24, 2.45) is 0 Å². The number of halogens is 1. The predicted octanol–water partition coefficient (Wildman–Crippen LogP) is 2.29. The Morgan fingerprint density at radius 1 is 1.19 bits per heavy atom. The number of nitro benzene ring substituents is 1. The second-order valence-corrected chi connectivity index (χ2v) is 6.29. The Morgan fingerprint density at radius 2 is 1.86 bits per heavy atom. The number of nitro groups is 1. The van der Waals surface area contributed by atoms with Crippen molar-refractivity contribution in [3.05, 3.63) is 64.0 Å². The van der Waals surface area contributed by atoms with Crippen LogP contribution in [-0.2, 0) is 15.6 Å². The molecule has 0 amide bonds. The monoisotopic (exact) mass is 310 g/mol. The Labute approximate surface area is 120 Å². The molecule has 8 heteroatoms. The molecule has 0 unspecified atom stereocenters. The van der Waals surface area contributed by atoms with Gasteiger partial charge in [0.1, 0.15) is 10.7 Å². The molecule has 2 aromatic rings. The summed E-state index contributed by atoms with van der Waals surface area (Å²) < 4.78 is 38.1. The quantitative estimate of drug-likeness (QED) is 0.530. The standard InChI is InChI=1S/C13H11FN2O4S/c14-11-7-10(15)5-6-13(11)21(19,20)8-9-3-1-2-4-12(9)16(17)18/h1-7H,8,15H2. The van der Waals surface area contributed by atoms with E-state index in [1.165, 1.54) is 30.3 Å². The second-order valence-electron chi connectivity index (χ2n) is 4.33. The first-order valence-corrected chi connectivity index (χ1v) is 7.46. The van der Waals surface area contributed by atoms with E-state index in [0.29, 0.717) is 0 Å². The number of nitrogens with zero attached hydrogens (tertiary/aromatic N) is 1. The van der Waals surface area contributed by atoms with Crippen LogP contribution < -0.4 is 5.73 Å². The van der Waals surface area contributed by atoms with E-state index in [-0.39, 0.29) is 16.9 Å². The third-order valence-electron chi connectivity index (χ3n) is 2.82. The fourth-order valence-corrected chi connectivity index (χ4v) is 3.30. The molecular formula is C13H11FN2O4S. The zero-order valence-corrected chi connectivity index (χ0v) is 11.5. The molecule has 0 radical (unpaired) electrons. The molecule has 0 aliphatic rings. The van der Waals surface area contributed by atoms with Gasteiger partial charge in [-0.05, 0) is 18.2 Å². The van der Waals surface area contributed by atoms with Crippen LogP contribution in [0, 0.1) is 15.9 Å². The number of sulfone groups is 1. The molecule has 0 spiro atoms. The highest BCUT2D eigenvalue weighted by atomic mass is 32.2. The van der Waals surface area contributed by atoms with Crippen molar-refractivity contribution in [2.75, 3.05) is 5.73 Å². The first kappa shape index (κ1) is 14.9. The van der Waals surface area contributed by atoms with Gasteiger partial charge in [0.15, 0.2) is 9.84 Å². The summed E-state index contributed by atoms with van der Waals surface area (Å²) in [6.07, 6.45) is 0. The largest absolute Gasteiger partial charge is 0.399 e. The molecule has 0 fully saturated rings. The fraction of sp³-hybridized carbons (Fsp3) is 0.0769. The maximum atomic E-state index is 13.7. The predicted molar refractivity (Wildman–Crippen MR) is 74.8 cm³/mol. The van der Waals surface area contributed by atoms with Crippen LogP contribution in [0.5, 0.6) is 0 Å². The molecule has 2 aromatic carbocycles. The van der Waals surface area contributed by atoms with Crippen molar-refractivity contribution >= 4 is 21.2 Å². The number of hydrogen-bond donors (Lipinski definition) is 1. The number of para-hydroxylation sites is 1. The van der Waals surface area contributed by atoms with Gasteiger partial charge >= 0.3 is 0 Å². The Bertz CT molecular complexity index is 806. The molecule has 0 aromatic heterocycles. The van der Waals surface area contributed by atoms with E-state index < -0.39 is 31.2 Å². The third kappa shape index (κ3) is 3.16. The number of hydrogen-bond acceptors (Lipinski definition) is 5. The first-order chi connectivity index (χ1) is 9.81. The number of nitrogens with two attached hydrogens (primary N) is 1. The lowest BCUT2D eigenvalue weighted by molar-refractivity contribution is -0.385. The SMILES string of the molecule is Nc1ccc(S(=O)(=O)Cc2ccccc2[N+](=O)[O-])c(F)c1. The van der Waals surface area contributed by atoms with Crippen LogP contribution in [0.4, 0.5) is 15.8 Å². The molecule has 0 bridgehead atoms. The van der Waals surface area contributed by atoms with Gasteiger partial charge in [0, 0.05) is 17.3 Å². The molecular weight excluding hydrogens is 299 g/mol. The number of rotatable bonds is 4. The van der Waals surface area contributed by atoms with Gasteiger partial charge in [-0.1, -0.05) is 18.2 Å². The van der Waals surface area contributed by atoms with Gasteiger partial charge in [-0.2, -0.15) is 0 Å². The highest BCUT2D eigenvalue weighted by Gasteiger charge is 2.24. The molecule has 2 N–H and O–H groups in total. The van der Waals surface area contributed by atoms with Crippen LogP contribution in [0.25, 0.3) is 0 Å². The smallest absolute Gasteiger partial charge is 0.273 e.